The van der Waals surface area contributed by atoms with Crippen LogP contribution in [0.25, 0.3) is 0 Å². The molecule has 1 aliphatic heterocycles. The molecule has 1 fully saturated rings. The molecule has 1 aliphatic rings. The van der Waals surface area contributed by atoms with E-state index in [1.807, 2.05) is 11.4 Å². The zero-order valence-electron chi connectivity index (χ0n) is 15.5. The van der Waals surface area contributed by atoms with Gasteiger partial charge in [-0.25, -0.2) is 0 Å². The van der Waals surface area contributed by atoms with Crippen molar-refractivity contribution in [3.63, 3.8) is 0 Å². The maximum absolute atomic E-state index is 12.6. The van der Waals surface area contributed by atoms with Gasteiger partial charge in [-0.15, -0.1) is 35.3 Å². The van der Waals surface area contributed by atoms with Crippen LogP contribution >= 0.6 is 35.3 Å². The molecule has 2 N–H and O–H groups in total. The van der Waals surface area contributed by atoms with E-state index in [1.165, 1.54) is 4.88 Å². The maximum atomic E-state index is 12.6. The zero-order valence-corrected chi connectivity index (χ0v) is 18.6. The largest absolute Gasteiger partial charge is 0.416 e. The summed E-state index contributed by atoms with van der Waals surface area (Å²) in [6.07, 6.45) is -3.31. The van der Waals surface area contributed by atoms with E-state index in [2.05, 4.69) is 26.6 Å². The molecule has 0 saturated carbocycles. The average Bonchev–Trinajstić information content (AvgIpc) is 3.30. The van der Waals surface area contributed by atoms with Crippen LogP contribution < -0.4 is 10.6 Å². The Balaban J connectivity index is 0.00000280. The Hall–Kier alpha value is -1.33. The van der Waals surface area contributed by atoms with Crippen molar-refractivity contribution >= 4 is 41.3 Å². The quantitative estimate of drug-likeness (QED) is 0.348. The van der Waals surface area contributed by atoms with E-state index >= 15 is 0 Å². The molecule has 4 nitrogen and oxygen atoms in total. The Kier molecular flexibility index (Phi) is 8.56. The topological polar surface area (TPSA) is 39.7 Å². The molecule has 1 atom stereocenters. The Morgan fingerprint density at radius 2 is 2.00 bits per heavy atom. The predicted molar refractivity (Wildman–Crippen MR) is 118 cm³/mol. The highest BCUT2D eigenvalue weighted by molar-refractivity contribution is 14.0. The first-order valence-electron chi connectivity index (χ1n) is 8.82. The van der Waals surface area contributed by atoms with Gasteiger partial charge in [0.15, 0.2) is 5.96 Å². The van der Waals surface area contributed by atoms with Gasteiger partial charge in [0, 0.05) is 37.6 Å². The SMILES string of the molecule is CN=C(NCc1cccs1)NC1CCN(Cc2ccc(C(F)(F)F)cc2)C1.I. The number of hydrogen-bond acceptors (Lipinski definition) is 3. The first-order chi connectivity index (χ1) is 12.9. The van der Waals surface area contributed by atoms with Gasteiger partial charge in [0.25, 0.3) is 0 Å². The molecule has 1 aromatic carbocycles. The van der Waals surface area contributed by atoms with Gasteiger partial charge >= 0.3 is 6.18 Å². The second kappa shape index (κ2) is 10.4. The molecule has 1 saturated heterocycles. The normalized spacial score (nSPS) is 18.0. The highest BCUT2D eigenvalue weighted by Crippen LogP contribution is 2.29. The summed E-state index contributed by atoms with van der Waals surface area (Å²) in [6.45, 7) is 3.12. The lowest BCUT2D eigenvalue weighted by atomic mass is 10.1. The van der Waals surface area contributed by atoms with Gasteiger partial charge in [-0.05, 0) is 35.6 Å². The van der Waals surface area contributed by atoms with Crippen molar-refractivity contribution < 1.29 is 13.2 Å². The number of halogens is 4. The van der Waals surface area contributed by atoms with Crippen molar-refractivity contribution in [3.05, 3.63) is 57.8 Å². The Morgan fingerprint density at radius 3 is 2.61 bits per heavy atom. The van der Waals surface area contributed by atoms with Crippen LogP contribution in [-0.4, -0.2) is 37.0 Å². The second-order valence-corrected chi connectivity index (χ2v) is 7.60. The summed E-state index contributed by atoms with van der Waals surface area (Å²) >= 11 is 1.70. The van der Waals surface area contributed by atoms with Gasteiger partial charge in [-0.1, -0.05) is 18.2 Å². The fourth-order valence-electron chi connectivity index (χ4n) is 3.12. The number of hydrogen-bond donors (Lipinski definition) is 2. The molecule has 2 aromatic rings. The fourth-order valence-corrected chi connectivity index (χ4v) is 3.77. The standard InChI is InChI=1S/C19H23F3N4S.HI/c1-23-18(24-11-17-3-2-10-27-17)25-16-8-9-26(13-16)12-14-4-6-15(7-5-14)19(20,21)22;/h2-7,10,16H,8-9,11-13H2,1H3,(H2,23,24,25);1H. The van der Waals surface area contributed by atoms with Gasteiger partial charge in [0.1, 0.15) is 0 Å². The lowest BCUT2D eigenvalue weighted by Crippen LogP contribution is -2.44. The molecule has 2 heterocycles. The molecule has 0 bridgehead atoms. The summed E-state index contributed by atoms with van der Waals surface area (Å²) < 4.78 is 37.9. The smallest absolute Gasteiger partial charge is 0.352 e. The summed E-state index contributed by atoms with van der Waals surface area (Å²) in [7, 11) is 1.75. The van der Waals surface area contributed by atoms with Crippen LogP contribution in [0.5, 0.6) is 0 Å². The van der Waals surface area contributed by atoms with Crippen LogP contribution in [-0.2, 0) is 19.3 Å². The Morgan fingerprint density at radius 1 is 1.25 bits per heavy atom. The van der Waals surface area contributed by atoms with Gasteiger partial charge < -0.3 is 10.6 Å². The number of guanidine groups is 1. The highest BCUT2D eigenvalue weighted by atomic mass is 127. The molecule has 3 rings (SSSR count). The molecule has 28 heavy (non-hydrogen) atoms. The van der Waals surface area contributed by atoms with E-state index < -0.39 is 11.7 Å². The molecule has 1 aromatic heterocycles. The van der Waals surface area contributed by atoms with Gasteiger partial charge in [-0.2, -0.15) is 13.2 Å². The number of likely N-dealkylation sites (tertiary alicyclic amines) is 1. The number of nitrogens with one attached hydrogen (secondary N) is 2. The van der Waals surface area contributed by atoms with Crippen LogP contribution in [0.2, 0.25) is 0 Å². The van der Waals surface area contributed by atoms with E-state index in [0.717, 1.165) is 49.7 Å². The Bertz CT molecular complexity index is 748. The predicted octanol–water partition coefficient (Wildman–Crippen LogP) is 4.32. The van der Waals surface area contributed by atoms with Crippen molar-refractivity contribution in [2.45, 2.75) is 31.7 Å². The van der Waals surface area contributed by atoms with Gasteiger partial charge in [0.2, 0.25) is 0 Å². The molecule has 0 spiro atoms. The summed E-state index contributed by atoms with van der Waals surface area (Å²) in [5.41, 5.74) is 0.289. The number of nitrogens with zero attached hydrogens (tertiary/aromatic N) is 2. The van der Waals surface area contributed by atoms with Crippen LogP contribution in [0, 0.1) is 0 Å². The minimum absolute atomic E-state index is 0. The lowest BCUT2D eigenvalue weighted by Gasteiger charge is -2.19. The summed E-state index contributed by atoms with van der Waals surface area (Å²) in [5.74, 6) is 0.768. The van der Waals surface area contributed by atoms with Crippen LogP contribution in [0.4, 0.5) is 13.2 Å². The van der Waals surface area contributed by atoms with Crippen molar-refractivity contribution in [2.75, 3.05) is 20.1 Å². The summed E-state index contributed by atoms with van der Waals surface area (Å²) in [6, 6.07) is 9.79. The van der Waals surface area contributed by atoms with Crippen LogP contribution in [0.15, 0.2) is 46.8 Å². The second-order valence-electron chi connectivity index (χ2n) is 6.56. The summed E-state index contributed by atoms with van der Waals surface area (Å²) in [4.78, 5) is 7.75. The third kappa shape index (κ3) is 6.63. The lowest BCUT2D eigenvalue weighted by molar-refractivity contribution is -0.137. The molecule has 0 aliphatic carbocycles. The summed E-state index contributed by atoms with van der Waals surface area (Å²) in [5, 5.41) is 8.78. The molecule has 1 unspecified atom stereocenters. The number of rotatable bonds is 5. The average molecular weight is 524 g/mol. The van der Waals surface area contributed by atoms with Crippen molar-refractivity contribution in [1.82, 2.24) is 15.5 Å². The number of benzene rings is 1. The minimum atomic E-state index is -4.28. The van der Waals surface area contributed by atoms with Gasteiger partial charge in [-0.3, -0.25) is 9.89 Å². The molecular formula is C19H24F3IN4S. The number of thiophene rings is 1. The number of alkyl halides is 3. The Labute approximate surface area is 184 Å². The first-order valence-corrected chi connectivity index (χ1v) is 9.70. The third-order valence-electron chi connectivity index (χ3n) is 4.53. The molecule has 0 radical (unpaired) electrons. The van der Waals surface area contributed by atoms with Crippen LogP contribution in [0.1, 0.15) is 22.4 Å². The maximum Gasteiger partial charge on any atom is 0.416 e. The van der Waals surface area contributed by atoms with Crippen LogP contribution in [0.3, 0.4) is 0 Å². The minimum Gasteiger partial charge on any atom is -0.352 e. The third-order valence-corrected chi connectivity index (χ3v) is 5.41. The molecule has 0 amide bonds. The van der Waals surface area contributed by atoms with E-state index in [0.29, 0.717) is 6.54 Å². The van der Waals surface area contributed by atoms with E-state index in [4.69, 9.17) is 0 Å². The zero-order chi connectivity index (χ0) is 19.3. The monoisotopic (exact) mass is 524 g/mol. The van der Waals surface area contributed by atoms with Crippen molar-refractivity contribution in [3.8, 4) is 0 Å². The van der Waals surface area contributed by atoms with E-state index in [9.17, 15) is 13.2 Å². The molecule has 9 heteroatoms. The van der Waals surface area contributed by atoms with E-state index in [-0.39, 0.29) is 30.0 Å². The molecule has 154 valence electrons. The first kappa shape index (κ1) is 23.0. The highest BCUT2D eigenvalue weighted by Gasteiger charge is 2.30. The van der Waals surface area contributed by atoms with E-state index in [1.54, 1.807) is 30.5 Å². The van der Waals surface area contributed by atoms with Crippen molar-refractivity contribution in [1.29, 1.82) is 0 Å². The number of aliphatic imine (C=N–C) groups is 1. The van der Waals surface area contributed by atoms with Crippen molar-refractivity contribution in [2.24, 2.45) is 4.99 Å². The fraction of sp³-hybridized carbons (Fsp3) is 0.421. The van der Waals surface area contributed by atoms with Gasteiger partial charge in [0.05, 0.1) is 12.1 Å². The molecular weight excluding hydrogens is 500 g/mol.